The van der Waals surface area contributed by atoms with E-state index in [4.69, 9.17) is 5.11 Å². The van der Waals surface area contributed by atoms with E-state index >= 15 is 0 Å². The molecule has 6 heteroatoms. The molecule has 0 saturated heterocycles. The average molecular weight is 221 g/mol. The maximum Gasteiger partial charge on any atom is 0.333 e. The normalized spacial score (nSPS) is 13.4. The van der Waals surface area contributed by atoms with Crippen LogP contribution >= 0.6 is 0 Å². The predicted molar refractivity (Wildman–Crippen MR) is 53.2 cm³/mol. The molecule has 2 N–H and O–H groups in total. The van der Waals surface area contributed by atoms with Crippen LogP contribution in [0.2, 0.25) is 0 Å². The van der Waals surface area contributed by atoms with Crippen molar-refractivity contribution in [3.8, 4) is 0 Å². The minimum absolute atomic E-state index is 0.109. The van der Waals surface area contributed by atoms with Gasteiger partial charge in [0.05, 0.1) is 11.8 Å². The van der Waals surface area contributed by atoms with Crippen LogP contribution < -0.4 is 4.72 Å². The molecule has 0 saturated carbocycles. The van der Waals surface area contributed by atoms with Crippen molar-refractivity contribution in [1.82, 2.24) is 4.72 Å². The standard InChI is InChI=1S/C8H15NO4S/c1-4-6(8(10)11)7(5-2)9-14(3,12)13/h9H,4-5H2,1-3H3,(H,10,11). The van der Waals surface area contributed by atoms with E-state index in [9.17, 15) is 13.2 Å². The van der Waals surface area contributed by atoms with Gasteiger partial charge in [-0.25, -0.2) is 13.2 Å². The first-order chi connectivity index (χ1) is 6.31. The highest BCUT2D eigenvalue weighted by atomic mass is 32.2. The first-order valence-electron chi connectivity index (χ1n) is 4.24. The summed E-state index contributed by atoms with van der Waals surface area (Å²) in [5.41, 5.74) is 0.362. The Bertz CT molecular complexity index is 342. The number of carboxylic acid groups (broad SMARTS) is 1. The molecule has 0 radical (unpaired) electrons. The van der Waals surface area contributed by atoms with Gasteiger partial charge in [-0.1, -0.05) is 13.8 Å². The van der Waals surface area contributed by atoms with E-state index < -0.39 is 16.0 Å². The Labute approximate surface area is 83.9 Å². The minimum Gasteiger partial charge on any atom is -0.478 e. The van der Waals surface area contributed by atoms with Gasteiger partial charge in [-0.2, -0.15) is 0 Å². The number of hydrogen-bond acceptors (Lipinski definition) is 3. The van der Waals surface area contributed by atoms with Crippen LogP contribution in [-0.4, -0.2) is 25.7 Å². The summed E-state index contributed by atoms with van der Waals surface area (Å²) in [4.78, 5) is 10.7. The third-order valence-electron chi connectivity index (χ3n) is 1.64. The summed E-state index contributed by atoms with van der Waals surface area (Å²) in [5.74, 6) is -1.08. The van der Waals surface area contributed by atoms with E-state index in [2.05, 4.69) is 4.72 Å². The van der Waals surface area contributed by atoms with E-state index in [1.54, 1.807) is 13.8 Å². The number of carboxylic acids is 1. The molecule has 0 atom stereocenters. The highest BCUT2D eigenvalue weighted by Gasteiger charge is 2.13. The Morgan fingerprint density at radius 1 is 1.29 bits per heavy atom. The third-order valence-corrected chi connectivity index (χ3v) is 2.26. The van der Waals surface area contributed by atoms with Gasteiger partial charge in [0.15, 0.2) is 0 Å². The zero-order valence-electron chi connectivity index (χ0n) is 8.49. The SMILES string of the molecule is CCC(NS(C)(=O)=O)=C(CC)C(=O)O. The second kappa shape index (κ2) is 4.99. The van der Waals surface area contributed by atoms with Gasteiger partial charge in [-0.15, -0.1) is 0 Å². The van der Waals surface area contributed by atoms with E-state index in [0.717, 1.165) is 6.26 Å². The maximum atomic E-state index is 10.9. The molecule has 5 nitrogen and oxygen atoms in total. The van der Waals surface area contributed by atoms with Crippen LogP contribution in [0.1, 0.15) is 26.7 Å². The van der Waals surface area contributed by atoms with Crippen molar-refractivity contribution in [2.45, 2.75) is 26.7 Å². The van der Waals surface area contributed by atoms with Crippen LogP contribution in [0.25, 0.3) is 0 Å². The highest BCUT2D eigenvalue weighted by Crippen LogP contribution is 2.10. The Morgan fingerprint density at radius 2 is 1.79 bits per heavy atom. The summed E-state index contributed by atoms with van der Waals surface area (Å²) < 4.78 is 24.0. The Hall–Kier alpha value is -1.04. The molecule has 0 aromatic heterocycles. The van der Waals surface area contributed by atoms with Gasteiger partial charge in [0.25, 0.3) is 0 Å². The fourth-order valence-corrected chi connectivity index (χ4v) is 1.78. The van der Waals surface area contributed by atoms with E-state index in [0.29, 0.717) is 12.8 Å². The molecular formula is C8H15NO4S. The van der Waals surface area contributed by atoms with Gasteiger partial charge in [-0.05, 0) is 12.8 Å². The van der Waals surface area contributed by atoms with Gasteiger partial charge >= 0.3 is 5.97 Å². The molecule has 0 heterocycles. The molecule has 0 aliphatic carbocycles. The Balaban J connectivity index is 5.10. The number of rotatable bonds is 5. The second-order valence-electron chi connectivity index (χ2n) is 2.84. The van der Waals surface area contributed by atoms with Crippen LogP contribution in [0, 0.1) is 0 Å². The van der Waals surface area contributed by atoms with Crippen molar-refractivity contribution in [2.24, 2.45) is 0 Å². The molecule has 0 rings (SSSR count). The lowest BCUT2D eigenvalue weighted by molar-refractivity contribution is -0.132. The summed E-state index contributed by atoms with van der Waals surface area (Å²) in [5, 5.41) is 8.78. The minimum atomic E-state index is -3.40. The number of hydrogen-bond donors (Lipinski definition) is 2. The molecule has 0 bridgehead atoms. The number of aliphatic carboxylic acids is 1. The number of nitrogens with one attached hydrogen (secondary N) is 1. The topological polar surface area (TPSA) is 83.5 Å². The van der Waals surface area contributed by atoms with Crippen molar-refractivity contribution < 1.29 is 18.3 Å². The van der Waals surface area contributed by atoms with Gasteiger partial charge in [0, 0.05) is 5.70 Å². The van der Waals surface area contributed by atoms with Crippen LogP contribution in [0.5, 0.6) is 0 Å². The molecule has 0 amide bonds. The first-order valence-corrected chi connectivity index (χ1v) is 6.14. The molecule has 0 aliphatic rings. The molecule has 0 aromatic rings. The van der Waals surface area contributed by atoms with Crippen LogP contribution in [0.4, 0.5) is 0 Å². The van der Waals surface area contributed by atoms with Crippen LogP contribution in [0.15, 0.2) is 11.3 Å². The molecule has 0 spiro atoms. The zero-order valence-corrected chi connectivity index (χ0v) is 9.31. The summed E-state index contributed by atoms with van der Waals surface area (Å²) in [6.45, 7) is 3.37. The lowest BCUT2D eigenvalue weighted by Crippen LogP contribution is -2.24. The highest BCUT2D eigenvalue weighted by molar-refractivity contribution is 7.88. The smallest absolute Gasteiger partial charge is 0.333 e. The largest absolute Gasteiger partial charge is 0.478 e. The third kappa shape index (κ3) is 4.27. The second-order valence-corrected chi connectivity index (χ2v) is 4.59. The molecule has 0 aromatic carbocycles. The zero-order chi connectivity index (χ0) is 11.4. The quantitative estimate of drug-likeness (QED) is 0.669. The molecule has 82 valence electrons. The fourth-order valence-electron chi connectivity index (χ4n) is 1.06. The van der Waals surface area contributed by atoms with Crippen LogP contribution in [0.3, 0.4) is 0 Å². The van der Waals surface area contributed by atoms with E-state index in [-0.39, 0.29) is 11.3 Å². The van der Waals surface area contributed by atoms with Gasteiger partial charge in [0.2, 0.25) is 10.0 Å². The summed E-state index contributed by atoms with van der Waals surface area (Å²) in [6, 6.07) is 0. The first kappa shape index (κ1) is 13.0. The lowest BCUT2D eigenvalue weighted by atomic mass is 10.1. The summed E-state index contributed by atoms with van der Waals surface area (Å²) in [7, 11) is -3.40. The fraction of sp³-hybridized carbons (Fsp3) is 0.625. The summed E-state index contributed by atoms with van der Waals surface area (Å²) >= 11 is 0. The number of sulfonamides is 1. The molecule has 0 unspecified atom stereocenters. The Morgan fingerprint density at radius 3 is 2.00 bits per heavy atom. The molecule has 0 fully saturated rings. The van der Waals surface area contributed by atoms with E-state index in [1.165, 1.54) is 0 Å². The molecule has 14 heavy (non-hydrogen) atoms. The maximum absolute atomic E-state index is 10.9. The predicted octanol–water partition coefficient (Wildman–Crippen LogP) is 0.694. The van der Waals surface area contributed by atoms with Crippen molar-refractivity contribution in [1.29, 1.82) is 0 Å². The van der Waals surface area contributed by atoms with Crippen molar-refractivity contribution >= 4 is 16.0 Å². The lowest BCUT2D eigenvalue weighted by Gasteiger charge is -2.10. The molecule has 0 aliphatic heterocycles. The molecular weight excluding hydrogens is 206 g/mol. The van der Waals surface area contributed by atoms with Crippen molar-refractivity contribution in [3.63, 3.8) is 0 Å². The monoisotopic (exact) mass is 221 g/mol. The van der Waals surface area contributed by atoms with E-state index in [1.807, 2.05) is 0 Å². The number of allylic oxidation sites excluding steroid dienone is 1. The van der Waals surface area contributed by atoms with Gasteiger partial charge in [0.1, 0.15) is 0 Å². The van der Waals surface area contributed by atoms with Gasteiger partial charge in [-0.3, -0.25) is 4.72 Å². The van der Waals surface area contributed by atoms with Crippen molar-refractivity contribution in [2.75, 3.05) is 6.26 Å². The van der Waals surface area contributed by atoms with Gasteiger partial charge < -0.3 is 5.11 Å². The van der Waals surface area contributed by atoms with Crippen LogP contribution in [-0.2, 0) is 14.8 Å². The Kier molecular flexibility index (Phi) is 4.62. The summed E-state index contributed by atoms with van der Waals surface area (Å²) in [6.07, 6.45) is 1.64. The van der Waals surface area contributed by atoms with Crippen molar-refractivity contribution in [3.05, 3.63) is 11.3 Å². The average Bonchev–Trinajstić information content (AvgIpc) is 2.00. The number of carbonyl (C=O) groups is 1.